The molecule has 0 radical (unpaired) electrons. The van der Waals surface area contributed by atoms with Gasteiger partial charge in [0.15, 0.2) is 0 Å². The lowest BCUT2D eigenvalue weighted by atomic mass is 9.65. The molecule has 49 heavy (non-hydrogen) atoms. The van der Waals surface area contributed by atoms with Crippen molar-refractivity contribution < 1.29 is 31.9 Å². The van der Waals surface area contributed by atoms with Crippen LogP contribution in [-0.4, -0.2) is 75.3 Å². The van der Waals surface area contributed by atoms with E-state index in [0.29, 0.717) is 31.0 Å². The van der Waals surface area contributed by atoms with Gasteiger partial charge >= 0.3 is 6.09 Å². The molecule has 3 N–H and O–H groups in total. The number of benzene rings is 3. The monoisotopic (exact) mass is 714 g/mol. The molecule has 0 bridgehead atoms. The number of piperazine rings is 1. The molecular weight excluding hydrogens is 671 g/mol. The van der Waals surface area contributed by atoms with Crippen molar-refractivity contribution in [2.45, 2.75) is 87.1 Å². The van der Waals surface area contributed by atoms with Gasteiger partial charge in [-0.15, -0.1) is 0 Å². The number of hydrogen-bond acceptors (Lipinski definition) is 7. The van der Waals surface area contributed by atoms with Crippen molar-refractivity contribution in [1.29, 1.82) is 0 Å². The van der Waals surface area contributed by atoms with Crippen LogP contribution < -0.4 is 16.0 Å². The van der Waals surface area contributed by atoms with Crippen LogP contribution in [0.1, 0.15) is 51.2 Å². The number of halogens is 2. The maximum atomic E-state index is 15.6. The van der Waals surface area contributed by atoms with Gasteiger partial charge in [0, 0.05) is 46.9 Å². The summed E-state index contributed by atoms with van der Waals surface area (Å²) in [5, 5.41) is 9.51. The summed E-state index contributed by atoms with van der Waals surface area (Å²) in [7, 11) is -2.60. The fraction of sp³-hybridized carbons (Fsp3) is 0.444. The van der Waals surface area contributed by atoms with E-state index < -0.39 is 45.3 Å². The van der Waals surface area contributed by atoms with Gasteiger partial charge in [0.05, 0.1) is 24.2 Å². The molecule has 5 rings (SSSR count). The molecule has 0 aliphatic carbocycles. The Bertz CT molecular complexity index is 1720. The van der Waals surface area contributed by atoms with Crippen LogP contribution in [0.4, 0.5) is 14.9 Å². The van der Waals surface area contributed by atoms with Crippen LogP contribution in [-0.2, 0) is 36.1 Å². The third kappa shape index (κ3) is 8.10. The number of hydrogen-bond donors (Lipinski definition) is 3. The van der Waals surface area contributed by atoms with Gasteiger partial charge in [-0.1, -0.05) is 48.0 Å². The number of nitrogens with zero attached hydrogens (tertiary/aromatic N) is 1. The zero-order valence-corrected chi connectivity index (χ0v) is 29.7. The van der Waals surface area contributed by atoms with Gasteiger partial charge in [0.25, 0.3) is 0 Å². The maximum absolute atomic E-state index is 15.6. The smallest absolute Gasteiger partial charge is 0.407 e. The van der Waals surface area contributed by atoms with Crippen LogP contribution in [0.25, 0.3) is 0 Å². The molecule has 2 saturated heterocycles. The number of methoxy groups -OCH3 is 1. The van der Waals surface area contributed by atoms with E-state index in [1.54, 1.807) is 48.5 Å². The Morgan fingerprint density at radius 2 is 1.69 bits per heavy atom. The molecule has 0 spiro atoms. The Morgan fingerprint density at radius 1 is 1.02 bits per heavy atom. The van der Waals surface area contributed by atoms with Crippen molar-refractivity contribution in [3.05, 3.63) is 94.8 Å². The predicted octanol–water partition coefficient (Wildman–Crippen LogP) is 5.65. The third-order valence-corrected chi connectivity index (χ3v) is 11.8. The number of rotatable bonds is 10. The van der Waals surface area contributed by atoms with Crippen LogP contribution in [0.2, 0.25) is 5.02 Å². The number of ether oxygens (including phenoxy) is 2. The Hall–Kier alpha value is -3.55. The zero-order chi connectivity index (χ0) is 35.3. The number of carbonyl (C=O) groups excluding carboxylic acids is 2. The molecule has 264 valence electrons. The first-order valence-corrected chi connectivity index (χ1v) is 18.3. The molecule has 2 aliphatic heterocycles. The van der Waals surface area contributed by atoms with Crippen LogP contribution in [0.3, 0.4) is 0 Å². The summed E-state index contributed by atoms with van der Waals surface area (Å²) in [5.41, 5.74) is 0.324. The van der Waals surface area contributed by atoms with Crippen LogP contribution >= 0.6 is 11.6 Å². The lowest BCUT2D eigenvalue weighted by Crippen LogP contribution is -2.60. The summed E-state index contributed by atoms with van der Waals surface area (Å²) in [6.07, 6.45) is -0.0651. The average molecular weight is 715 g/mol. The summed E-state index contributed by atoms with van der Waals surface area (Å²) in [6.45, 7) is 6.55. The fourth-order valence-corrected chi connectivity index (χ4v) is 9.47. The second-order valence-electron chi connectivity index (χ2n) is 13.0. The van der Waals surface area contributed by atoms with Gasteiger partial charge in [-0.3, -0.25) is 4.79 Å². The van der Waals surface area contributed by atoms with Gasteiger partial charge < -0.3 is 25.4 Å². The summed E-state index contributed by atoms with van der Waals surface area (Å²) >= 11 is 6.23. The van der Waals surface area contributed by atoms with Crippen molar-refractivity contribution in [2.75, 3.05) is 25.5 Å². The molecule has 10 nitrogen and oxygen atoms in total. The highest BCUT2D eigenvalue weighted by Gasteiger charge is 2.50. The quantitative estimate of drug-likeness (QED) is 0.248. The highest BCUT2D eigenvalue weighted by Crippen LogP contribution is 2.43. The summed E-state index contributed by atoms with van der Waals surface area (Å²) in [6, 6.07) is 17.9. The second-order valence-corrected chi connectivity index (χ2v) is 15.3. The zero-order valence-electron chi connectivity index (χ0n) is 28.1. The molecule has 0 saturated carbocycles. The number of nitrogens with one attached hydrogen (secondary N) is 3. The van der Waals surface area contributed by atoms with Gasteiger partial charge in [0.1, 0.15) is 11.9 Å². The third-order valence-electron chi connectivity index (χ3n) is 9.49. The van der Waals surface area contributed by atoms with Crippen LogP contribution in [0, 0.1) is 5.82 Å². The van der Waals surface area contributed by atoms with Gasteiger partial charge in [-0.05, 0) is 88.4 Å². The molecule has 2 fully saturated rings. The minimum Gasteiger partial charge on any atom is -0.453 e. The first-order chi connectivity index (χ1) is 23.4. The number of carbonyl (C=O) groups is 2. The number of sulfonamides is 1. The van der Waals surface area contributed by atoms with E-state index in [1.165, 1.54) is 23.5 Å². The van der Waals surface area contributed by atoms with E-state index in [2.05, 4.69) is 16.0 Å². The lowest BCUT2D eigenvalue weighted by Gasteiger charge is -2.47. The summed E-state index contributed by atoms with van der Waals surface area (Å²) in [4.78, 5) is 27.4. The highest BCUT2D eigenvalue weighted by atomic mass is 35.5. The molecule has 2 aliphatic rings. The number of amides is 2. The molecule has 2 heterocycles. The van der Waals surface area contributed by atoms with Crippen molar-refractivity contribution in [3.63, 3.8) is 0 Å². The fourth-order valence-electron chi connectivity index (χ4n) is 7.47. The molecule has 0 aromatic heterocycles. The van der Waals surface area contributed by atoms with Gasteiger partial charge in [0.2, 0.25) is 15.9 Å². The first-order valence-electron chi connectivity index (χ1n) is 16.5. The Labute approximate surface area is 292 Å². The van der Waals surface area contributed by atoms with Crippen molar-refractivity contribution in [2.24, 2.45) is 0 Å². The molecular formula is C36H44ClFN4O6S. The average Bonchev–Trinajstić information content (AvgIpc) is 3.06. The first kappa shape index (κ1) is 36.7. The maximum Gasteiger partial charge on any atom is 0.407 e. The number of alkyl carbamates (subject to hydrolysis) is 1. The molecule has 2 amide bonds. The van der Waals surface area contributed by atoms with Crippen molar-refractivity contribution >= 4 is 39.3 Å². The lowest BCUT2D eigenvalue weighted by molar-refractivity contribution is -0.124. The van der Waals surface area contributed by atoms with E-state index in [-0.39, 0.29) is 47.2 Å². The van der Waals surface area contributed by atoms with Crippen molar-refractivity contribution in [3.8, 4) is 0 Å². The van der Waals surface area contributed by atoms with Crippen LogP contribution in [0.5, 0.6) is 0 Å². The molecule has 3 aromatic carbocycles. The topological polar surface area (TPSA) is 126 Å². The van der Waals surface area contributed by atoms with Crippen molar-refractivity contribution in [1.82, 2.24) is 14.9 Å². The van der Waals surface area contributed by atoms with E-state index in [4.69, 9.17) is 21.1 Å². The summed E-state index contributed by atoms with van der Waals surface area (Å²) < 4.78 is 55.6. The van der Waals surface area contributed by atoms with E-state index in [0.717, 1.165) is 5.56 Å². The molecule has 1 unspecified atom stereocenters. The molecule has 6 atom stereocenters. The van der Waals surface area contributed by atoms with E-state index >= 15 is 4.39 Å². The Kier molecular flexibility index (Phi) is 11.7. The molecule has 13 heteroatoms. The largest absolute Gasteiger partial charge is 0.453 e. The number of anilines is 1. The van der Waals surface area contributed by atoms with Gasteiger partial charge in [-0.2, -0.15) is 4.31 Å². The SMILES string of the molecule is COC(=O)N[C@H](C(=O)Nc1cccc(F)c1CC[C@H]1CNC[C@H](C)N1S(=O)(=O)c1ccccc1)[C@]1(c2ccc(Cl)cc2)CC(C)O[C@H](C)C1. The van der Waals surface area contributed by atoms with E-state index in [9.17, 15) is 18.0 Å². The minimum atomic E-state index is -3.83. The Balaban J connectivity index is 1.46. The Morgan fingerprint density at radius 3 is 2.35 bits per heavy atom. The van der Waals surface area contributed by atoms with Gasteiger partial charge in [-0.25, -0.2) is 17.6 Å². The predicted molar refractivity (Wildman–Crippen MR) is 187 cm³/mol. The van der Waals surface area contributed by atoms with E-state index in [1.807, 2.05) is 32.9 Å². The second kappa shape index (κ2) is 15.6. The normalized spacial score (nSPS) is 25.3. The molecule has 3 aromatic rings. The standard InChI is InChI=1S/C36H44ClFN4O6S/c1-23-21-39-22-28(42(23)49(45,46)29-9-6-5-7-10-29)17-18-30-31(38)11-8-12-32(30)40-34(43)33(41-35(44)47-4)36(19-24(2)48-25(3)20-36)26-13-15-27(37)16-14-26/h5-16,23-25,28,33,39H,17-22H2,1-4H3,(H,40,43)(H,41,44)/t23-,24+,25?,28-,33+,36-/m0/s1. The minimum absolute atomic E-state index is 0.140. The van der Waals surface area contributed by atoms with Crippen LogP contribution in [0.15, 0.2) is 77.7 Å². The summed E-state index contributed by atoms with van der Waals surface area (Å²) in [5.74, 6) is -1.10. The highest BCUT2D eigenvalue weighted by molar-refractivity contribution is 7.89.